The van der Waals surface area contributed by atoms with Crippen molar-refractivity contribution in [2.75, 3.05) is 12.9 Å². The summed E-state index contributed by atoms with van der Waals surface area (Å²) in [6.45, 7) is 2.26. The first-order valence-electron chi connectivity index (χ1n) is 8.45. The highest BCUT2D eigenvalue weighted by Crippen LogP contribution is 2.28. The van der Waals surface area contributed by atoms with E-state index >= 15 is 0 Å². The molecule has 0 spiro atoms. The van der Waals surface area contributed by atoms with Crippen molar-refractivity contribution in [2.24, 2.45) is 7.05 Å². The highest BCUT2D eigenvalue weighted by atomic mass is 32.2. The predicted molar refractivity (Wildman–Crippen MR) is 105 cm³/mol. The monoisotopic (exact) mass is 383 g/mol. The second-order valence-corrected chi connectivity index (χ2v) is 6.92. The van der Waals surface area contributed by atoms with Crippen molar-refractivity contribution in [3.8, 4) is 11.5 Å². The summed E-state index contributed by atoms with van der Waals surface area (Å²) in [7, 11) is 3.48. The van der Waals surface area contributed by atoms with Gasteiger partial charge in [0.1, 0.15) is 6.61 Å². The smallest absolute Gasteiger partial charge is 0.191 e. The number of nitrogens with zero attached hydrogens (tertiary/aromatic N) is 3. The van der Waals surface area contributed by atoms with E-state index in [4.69, 9.17) is 9.47 Å². The van der Waals surface area contributed by atoms with Gasteiger partial charge in [0, 0.05) is 12.6 Å². The van der Waals surface area contributed by atoms with Crippen molar-refractivity contribution >= 4 is 17.5 Å². The molecular formula is C20H21N3O3S. The van der Waals surface area contributed by atoms with Gasteiger partial charge in [-0.15, -0.1) is 10.2 Å². The Kier molecular flexibility index (Phi) is 6.13. The fourth-order valence-corrected chi connectivity index (χ4v) is 3.29. The molecule has 6 nitrogen and oxygen atoms in total. The Hall–Kier alpha value is -2.80. The van der Waals surface area contributed by atoms with Gasteiger partial charge in [0.25, 0.3) is 0 Å². The number of Topliss-reactive ketones (excluding diaryl/α,β-unsaturated/α-hetero) is 1. The van der Waals surface area contributed by atoms with Crippen LogP contribution in [0.15, 0.2) is 53.7 Å². The lowest BCUT2D eigenvalue weighted by Gasteiger charge is -2.11. The standard InChI is InChI=1S/C20H21N3O3S/c1-14-9-10-17(18(11-14)25-3)26-12-19-21-22-20(23(19)2)27-13-16(24)15-7-5-4-6-8-15/h4-11H,12-13H2,1-3H3. The van der Waals surface area contributed by atoms with Gasteiger partial charge in [-0.2, -0.15) is 0 Å². The first kappa shape index (κ1) is 19.0. The van der Waals surface area contributed by atoms with Crippen LogP contribution in [0.25, 0.3) is 0 Å². The maximum atomic E-state index is 12.2. The first-order valence-corrected chi connectivity index (χ1v) is 9.44. The zero-order valence-corrected chi connectivity index (χ0v) is 16.3. The summed E-state index contributed by atoms with van der Waals surface area (Å²) in [4.78, 5) is 12.2. The Balaban J connectivity index is 1.61. The fraction of sp³-hybridized carbons (Fsp3) is 0.250. The molecule has 140 valence electrons. The number of hydrogen-bond donors (Lipinski definition) is 0. The van der Waals surface area contributed by atoms with Crippen LogP contribution in [-0.2, 0) is 13.7 Å². The minimum atomic E-state index is 0.0609. The third kappa shape index (κ3) is 4.68. The maximum absolute atomic E-state index is 12.2. The third-order valence-corrected chi connectivity index (χ3v) is 5.05. The van der Waals surface area contributed by atoms with Crippen LogP contribution in [0.4, 0.5) is 0 Å². The topological polar surface area (TPSA) is 66.2 Å². The van der Waals surface area contributed by atoms with Gasteiger partial charge < -0.3 is 14.0 Å². The molecule has 7 heteroatoms. The number of methoxy groups -OCH3 is 1. The lowest BCUT2D eigenvalue weighted by molar-refractivity contribution is 0.102. The van der Waals surface area contributed by atoms with Crippen LogP contribution in [0.1, 0.15) is 21.7 Å². The quantitative estimate of drug-likeness (QED) is 0.437. The number of rotatable bonds is 8. The SMILES string of the molecule is COc1cc(C)ccc1OCc1nnc(SCC(=O)c2ccccc2)n1C. The highest BCUT2D eigenvalue weighted by molar-refractivity contribution is 7.99. The number of carbonyl (C=O) groups excluding carboxylic acids is 1. The van der Waals surface area contributed by atoms with Gasteiger partial charge in [-0.1, -0.05) is 48.2 Å². The zero-order chi connectivity index (χ0) is 19.2. The van der Waals surface area contributed by atoms with Crippen molar-refractivity contribution in [2.45, 2.75) is 18.7 Å². The van der Waals surface area contributed by atoms with Crippen LogP contribution in [0, 0.1) is 6.92 Å². The van der Waals surface area contributed by atoms with E-state index in [9.17, 15) is 4.79 Å². The van der Waals surface area contributed by atoms with E-state index < -0.39 is 0 Å². The molecule has 0 aliphatic rings. The van der Waals surface area contributed by atoms with Crippen molar-refractivity contribution in [3.05, 3.63) is 65.5 Å². The van der Waals surface area contributed by atoms with E-state index in [1.807, 2.05) is 67.1 Å². The molecule has 0 N–H and O–H groups in total. The van der Waals surface area contributed by atoms with E-state index in [1.165, 1.54) is 11.8 Å². The molecule has 2 aromatic carbocycles. The Labute approximate surface area is 162 Å². The molecule has 0 radical (unpaired) electrons. The Morgan fingerprint density at radius 1 is 1.11 bits per heavy atom. The van der Waals surface area contributed by atoms with Crippen molar-refractivity contribution in [1.82, 2.24) is 14.8 Å². The molecule has 0 amide bonds. The van der Waals surface area contributed by atoms with E-state index in [-0.39, 0.29) is 12.4 Å². The average Bonchev–Trinajstić information content (AvgIpc) is 3.05. The molecule has 0 aliphatic carbocycles. The minimum Gasteiger partial charge on any atom is -0.493 e. The van der Waals surface area contributed by atoms with Crippen LogP contribution in [0.5, 0.6) is 11.5 Å². The molecule has 1 aromatic heterocycles. The summed E-state index contributed by atoms with van der Waals surface area (Å²) >= 11 is 1.36. The van der Waals surface area contributed by atoms with Gasteiger partial charge in [0.05, 0.1) is 12.9 Å². The number of ether oxygens (including phenoxy) is 2. The lowest BCUT2D eigenvalue weighted by Crippen LogP contribution is -2.06. The number of benzene rings is 2. The largest absolute Gasteiger partial charge is 0.493 e. The highest BCUT2D eigenvalue weighted by Gasteiger charge is 2.14. The molecule has 3 aromatic rings. The summed E-state index contributed by atoms with van der Waals surface area (Å²) in [5.41, 5.74) is 1.79. The molecule has 27 heavy (non-hydrogen) atoms. The Bertz CT molecular complexity index is 925. The van der Waals surface area contributed by atoms with E-state index in [0.29, 0.717) is 33.8 Å². The molecule has 0 aliphatic heterocycles. The molecule has 0 fully saturated rings. The number of ketones is 1. The molecule has 0 atom stereocenters. The average molecular weight is 383 g/mol. The van der Waals surface area contributed by atoms with Gasteiger partial charge >= 0.3 is 0 Å². The summed E-state index contributed by atoms with van der Waals surface area (Å²) in [6.07, 6.45) is 0. The molecule has 0 saturated heterocycles. The number of aromatic nitrogens is 3. The molecule has 0 bridgehead atoms. The number of aryl methyl sites for hydroxylation is 1. The van der Waals surface area contributed by atoms with E-state index in [2.05, 4.69) is 10.2 Å². The molecule has 0 saturated carbocycles. The minimum absolute atomic E-state index is 0.0609. The maximum Gasteiger partial charge on any atom is 0.191 e. The van der Waals surface area contributed by atoms with Gasteiger partial charge in [-0.25, -0.2) is 0 Å². The first-order chi connectivity index (χ1) is 13.1. The van der Waals surface area contributed by atoms with Gasteiger partial charge in [0.2, 0.25) is 0 Å². The summed E-state index contributed by atoms with van der Waals surface area (Å²) < 4.78 is 13.0. The Morgan fingerprint density at radius 2 is 1.89 bits per heavy atom. The van der Waals surface area contributed by atoms with Crippen molar-refractivity contribution in [1.29, 1.82) is 0 Å². The summed E-state index contributed by atoms with van der Waals surface area (Å²) in [5.74, 6) is 2.38. The molecule has 1 heterocycles. The van der Waals surface area contributed by atoms with Crippen LogP contribution in [0.2, 0.25) is 0 Å². The number of hydrogen-bond acceptors (Lipinski definition) is 6. The molecule has 0 unspecified atom stereocenters. The normalized spacial score (nSPS) is 10.6. The van der Waals surface area contributed by atoms with Gasteiger partial charge in [-0.3, -0.25) is 4.79 Å². The van der Waals surface area contributed by atoms with Crippen LogP contribution in [-0.4, -0.2) is 33.4 Å². The molecule has 3 rings (SSSR count). The van der Waals surface area contributed by atoms with Crippen LogP contribution in [0.3, 0.4) is 0 Å². The van der Waals surface area contributed by atoms with Crippen molar-refractivity contribution in [3.63, 3.8) is 0 Å². The zero-order valence-electron chi connectivity index (χ0n) is 15.5. The summed E-state index contributed by atoms with van der Waals surface area (Å²) in [6, 6.07) is 15.0. The second kappa shape index (κ2) is 8.73. The van der Waals surface area contributed by atoms with E-state index in [1.54, 1.807) is 7.11 Å². The van der Waals surface area contributed by atoms with Crippen LogP contribution < -0.4 is 9.47 Å². The van der Waals surface area contributed by atoms with E-state index in [0.717, 1.165) is 5.56 Å². The second-order valence-electron chi connectivity index (χ2n) is 5.98. The fourth-order valence-electron chi connectivity index (χ4n) is 2.47. The van der Waals surface area contributed by atoms with Gasteiger partial charge in [0.15, 0.2) is 28.3 Å². The summed E-state index contributed by atoms with van der Waals surface area (Å²) in [5, 5.41) is 9.01. The molecular weight excluding hydrogens is 362 g/mol. The van der Waals surface area contributed by atoms with Crippen molar-refractivity contribution < 1.29 is 14.3 Å². The van der Waals surface area contributed by atoms with Crippen LogP contribution >= 0.6 is 11.8 Å². The third-order valence-electron chi connectivity index (χ3n) is 4.03. The number of carbonyl (C=O) groups is 1. The lowest BCUT2D eigenvalue weighted by atomic mass is 10.2. The number of thioether (sulfide) groups is 1. The van der Waals surface area contributed by atoms with Gasteiger partial charge in [-0.05, 0) is 24.6 Å². The Morgan fingerprint density at radius 3 is 2.63 bits per heavy atom. The predicted octanol–water partition coefficient (Wildman–Crippen LogP) is 3.69.